The predicted molar refractivity (Wildman–Crippen MR) is 58.3 cm³/mol. The molecule has 0 aromatic heterocycles. The summed E-state index contributed by atoms with van der Waals surface area (Å²) in [5.41, 5.74) is 1.03. The molecule has 3 nitrogen and oxygen atoms in total. The molecule has 0 aliphatic carbocycles. The summed E-state index contributed by atoms with van der Waals surface area (Å²) in [7, 11) is 0. The molecule has 0 aliphatic heterocycles. The minimum absolute atomic E-state index is 0.321. The number of benzene rings is 1. The Balaban J connectivity index is 2.89. The lowest BCUT2D eigenvalue weighted by atomic mass is 10.0. The standard InChI is InChI=1S/C12H16O3/c1-8(2)10-6-4-5-7-11(10)15-9(3)12(13)14/h4-9H,1-3H3,(H,13,14). The van der Waals surface area contributed by atoms with Crippen molar-refractivity contribution in [3.63, 3.8) is 0 Å². The molecule has 0 saturated carbocycles. The Morgan fingerprint density at radius 3 is 2.40 bits per heavy atom. The molecule has 0 spiro atoms. The summed E-state index contributed by atoms with van der Waals surface area (Å²) in [5.74, 6) is 0.0261. The van der Waals surface area contributed by atoms with Crippen molar-refractivity contribution in [2.24, 2.45) is 0 Å². The zero-order valence-corrected chi connectivity index (χ0v) is 9.23. The number of carboxylic acid groups (broad SMARTS) is 1. The normalized spacial score (nSPS) is 12.5. The van der Waals surface area contributed by atoms with Gasteiger partial charge in [0.15, 0.2) is 6.10 Å². The highest BCUT2D eigenvalue weighted by atomic mass is 16.5. The van der Waals surface area contributed by atoms with E-state index in [0.29, 0.717) is 11.7 Å². The largest absolute Gasteiger partial charge is 0.479 e. The van der Waals surface area contributed by atoms with Crippen LogP contribution in [0.15, 0.2) is 24.3 Å². The van der Waals surface area contributed by atoms with Gasteiger partial charge in [0.25, 0.3) is 0 Å². The molecule has 1 atom stereocenters. The fourth-order valence-corrected chi connectivity index (χ4v) is 1.31. The molecule has 1 unspecified atom stereocenters. The van der Waals surface area contributed by atoms with Gasteiger partial charge in [-0.2, -0.15) is 0 Å². The number of hydrogen-bond acceptors (Lipinski definition) is 2. The summed E-state index contributed by atoms with van der Waals surface area (Å²) in [6, 6.07) is 7.52. The SMILES string of the molecule is CC(Oc1ccccc1C(C)C)C(=O)O. The molecule has 0 fully saturated rings. The van der Waals surface area contributed by atoms with Gasteiger partial charge in [0.2, 0.25) is 0 Å². The van der Waals surface area contributed by atoms with Crippen LogP contribution >= 0.6 is 0 Å². The van der Waals surface area contributed by atoms with Crippen LogP contribution in [0.5, 0.6) is 5.75 Å². The van der Waals surface area contributed by atoms with E-state index in [0.717, 1.165) is 5.56 Å². The van der Waals surface area contributed by atoms with Crippen molar-refractivity contribution in [1.82, 2.24) is 0 Å². The molecule has 0 heterocycles. The molecule has 82 valence electrons. The zero-order chi connectivity index (χ0) is 11.4. The third-order valence-electron chi connectivity index (χ3n) is 2.19. The number of carbonyl (C=O) groups is 1. The van der Waals surface area contributed by atoms with Crippen LogP contribution in [0.2, 0.25) is 0 Å². The molecule has 0 radical (unpaired) electrons. The van der Waals surface area contributed by atoms with E-state index in [1.807, 2.05) is 32.0 Å². The van der Waals surface area contributed by atoms with Gasteiger partial charge in [0.05, 0.1) is 0 Å². The van der Waals surface area contributed by atoms with Crippen LogP contribution in [-0.4, -0.2) is 17.2 Å². The van der Waals surface area contributed by atoms with Crippen molar-refractivity contribution in [1.29, 1.82) is 0 Å². The lowest BCUT2D eigenvalue weighted by Gasteiger charge is -2.16. The van der Waals surface area contributed by atoms with Crippen molar-refractivity contribution in [3.05, 3.63) is 29.8 Å². The Morgan fingerprint density at radius 1 is 1.27 bits per heavy atom. The first-order chi connectivity index (χ1) is 7.02. The molecule has 1 rings (SSSR count). The van der Waals surface area contributed by atoms with E-state index in [9.17, 15) is 4.79 Å². The molecular weight excluding hydrogens is 192 g/mol. The molecule has 15 heavy (non-hydrogen) atoms. The van der Waals surface area contributed by atoms with Crippen molar-refractivity contribution in [3.8, 4) is 5.75 Å². The Bertz CT molecular complexity index is 344. The summed E-state index contributed by atoms with van der Waals surface area (Å²) < 4.78 is 5.37. The highest BCUT2D eigenvalue weighted by Gasteiger charge is 2.15. The average molecular weight is 208 g/mol. The maximum atomic E-state index is 10.7. The topological polar surface area (TPSA) is 46.5 Å². The van der Waals surface area contributed by atoms with Crippen molar-refractivity contribution in [2.45, 2.75) is 32.8 Å². The minimum atomic E-state index is -0.950. The number of rotatable bonds is 4. The van der Waals surface area contributed by atoms with Crippen LogP contribution in [0.25, 0.3) is 0 Å². The maximum absolute atomic E-state index is 10.7. The Labute approximate surface area is 89.7 Å². The first kappa shape index (κ1) is 11.6. The van der Waals surface area contributed by atoms with Crippen LogP contribution in [0, 0.1) is 0 Å². The second-order valence-corrected chi connectivity index (χ2v) is 3.79. The van der Waals surface area contributed by atoms with E-state index in [2.05, 4.69) is 0 Å². The smallest absolute Gasteiger partial charge is 0.344 e. The van der Waals surface area contributed by atoms with E-state index >= 15 is 0 Å². The number of para-hydroxylation sites is 1. The molecule has 1 aromatic carbocycles. The quantitative estimate of drug-likeness (QED) is 0.827. The average Bonchev–Trinajstić information content (AvgIpc) is 2.18. The summed E-state index contributed by atoms with van der Waals surface area (Å²) in [6.45, 7) is 5.63. The summed E-state index contributed by atoms with van der Waals surface area (Å²) in [6.07, 6.45) is -0.815. The number of aliphatic carboxylic acids is 1. The third-order valence-corrected chi connectivity index (χ3v) is 2.19. The summed E-state index contributed by atoms with van der Waals surface area (Å²) in [4.78, 5) is 10.7. The monoisotopic (exact) mass is 208 g/mol. The molecular formula is C12H16O3. The van der Waals surface area contributed by atoms with Gasteiger partial charge in [-0.1, -0.05) is 32.0 Å². The van der Waals surface area contributed by atoms with Gasteiger partial charge in [0.1, 0.15) is 5.75 Å². The van der Waals surface area contributed by atoms with Gasteiger partial charge in [-0.25, -0.2) is 4.79 Å². The van der Waals surface area contributed by atoms with Crippen LogP contribution in [0.4, 0.5) is 0 Å². The highest BCUT2D eigenvalue weighted by Crippen LogP contribution is 2.26. The van der Waals surface area contributed by atoms with E-state index in [4.69, 9.17) is 9.84 Å². The van der Waals surface area contributed by atoms with Crippen LogP contribution in [-0.2, 0) is 4.79 Å². The van der Waals surface area contributed by atoms with Crippen LogP contribution < -0.4 is 4.74 Å². The Kier molecular flexibility index (Phi) is 3.72. The second-order valence-electron chi connectivity index (χ2n) is 3.79. The highest BCUT2D eigenvalue weighted by molar-refractivity contribution is 5.72. The third kappa shape index (κ3) is 2.98. The van der Waals surface area contributed by atoms with Gasteiger partial charge in [-0.15, -0.1) is 0 Å². The number of ether oxygens (including phenoxy) is 1. The lowest BCUT2D eigenvalue weighted by Crippen LogP contribution is -2.23. The van der Waals surface area contributed by atoms with Gasteiger partial charge < -0.3 is 9.84 Å². The molecule has 0 amide bonds. The van der Waals surface area contributed by atoms with Crippen LogP contribution in [0.3, 0.4) is 0 Å². The van der Waals surface area contributed by atoms with Crippen molar-refractivity contribution >= 4 is 5.97 Å². The molecule has 1 aromatic rings. The molecule has 1 N–H and O–H groups in total. The molecule has 0 saturated heterocycles. The van der Waals surface area contributed by atoms with Crippen LogP contribution in [0.1, 0.15) is 32.3 Å². The molecule has 3 heteroatoms. The van der Waals surface area contributed by atoms with E-state index in [-0.39, 0.29) is 0 Å². The van der Waals surface area contributed by atoms with E-state index in [1.165, 1.54) is 6.92 Å². The predicted octanol–water partition coefficient (Wildman–Crippen LogP) is 2.66. The summed E-state index contributed by atoms with van der Waals surface area (Å²) >= 11 is 0. The fourth-order valence-electron chi connectivity index (χ4n) is 1.31. The first-order valence-corrected chi connectivity index (χ1v) is 5.00. The second kappa shape index (κ2) is 4.82. The molecule has 0 bridgehead atoms. The maximum Gasteiger partial charge on any atom is 0.344 e. The minimum Gasteiger partial charge on any atom is -0.479 e. The fraction of sp³-hybridized carbons (Fsp3) is 0.417. The Morgan fingerprint density at radius 2 is 1.87 bits per heavy atom. The lowest BCUT2D eigenvalue weighted by molar-refractivity contribution is -0.144. The van der Waals surface area contributed by atoms with Crippen molar-refractivity contribution in [2.75, 3.05) is 0 Å². The van der Waals surface area contributed by atoms with Crippen molar-refractivity contribution < 1.29 is 14.6 Å². The van der Waals surface area contributed by atoms with Gasteiger partial charge in [-0.05, 0) is 24.5 Å². The van der Waals surface area contributed by atoms with Gasteiger partial charge in [-0.3, -0.25) is 0 Å². The Hall–Kier alpha value is -1.51. The molecule has 0 aliphatic rings. The zero-order valence-electron chi connectivity index (χ0n) is 9.23. The van der Waals surface area contributed by atoms with E-state index in [1.54, 1.807) is 6.07 Å². The first-order valence-electron chi connectivity index (χ1n) is 5.00. The van der Waals surface area contributed by atoms with Gasteiger partial charge >= 0.3 is 5.97 Å². The number of carboxylic acids is 1. The van der Waals surface area contributed by atoms with E-state index < -0.39 is 12.1 Å². The summed E-state index contributed by atoms with van der Waals surface area (Å²) in [5, 5.41) is 8.75. The van der Waals surface area contributed by atoms with Gasteiger partial charge in [0, 0.05) is 0 Å². The number of hydrogen-bond donors (Lipinski definition) is 1.